The van der Waals surface area contributed by atoms with Crippen molar-refractivity contribution in [3.8, 4) is 11.5 Å². The maximum atomic E-state index is 12.4. The molecule has 1 rings (SSSR count). The van der Waals surface area contributed by atoms with Gasteiger partial charge in [-0.1, -0.05) is 18.2 Å². The molecule has 0 heterocycles. The lowest BCUT2D eigenvalue weighted by molar-refractivity contribution is -0.175. The molecule has 0 spiro atoms. The van der Waals surface area contributed by atoms with Gasteiger partial charge in [-0.2, -0.15) is 26.3 Å². The van der Waals surface area contributed by atoms with Crippen molar-refractivity contribution in [3.05, 3.63) is 41.5 Å². The van der Waals surface area contributed by atoms with Crippen molar-refractivity contribution in [2.75, 3.05) is 14.2 Å². The molecule has 0 aliphatic heterocycles. The molecule has 26 heavy (non-hydrogen) atoms. The third kappa shape index (κ3) is 5.36. The Morgan fingerprint density at radius 3 is 1.81 bits per heavy atom. The lowest BCUT2D eigenvalue weighted by Gasteiger charge is -2.10. The number of rotatable bonds is 6. The smallest absolute Gasteiger partial charge is 0.455 e. The van der Waals surface area contributed by atoms with Gasteiger partial charge in [0.15, 0.2) is 11.5 Å². The minimum absolute atomic E-state index is 0.169. The van der Waals surface area contributed by atoms with E-state index >= 15 is 0 Å². The minimum atomic E-state index is -5.62. The maximum Gasteiger partial charge on any atom is 0.455 e. The van der Waals surface area contributed by atoms with E-state index in [0.29, 0.717) is 11.3 Å². The number of allylic oxidation sites excluding steroid dienone is 3. The topological polar surface area (TPSA) is 52.6 Å². The molecule has 0 N–H and O–H groups in total. The summed E-state index contributed by atoms with van der Waals surface area (Å²) >= 11 is 0. The number of hydrogen-bond acceptors (Lipinski definition) is 4. The van der Waals surface area contributed by atoms with E-state index < -0.39 is 29.5 Å². The molecule has 0 fully saturated rings. The molecule has 142 valence electrons. The molecule has 0 saturated carbocycles. The summed E-state index contributed by atoms with van der Waals surface area (Å²) in [5, 5.41) is 0. The molecular weight excluding hydrogens is 370 g/mol. The van der Waals surface area contributed by atoms with Gasteiger partial charge in [0, 0.05) is 0 Å². The summed E-state index contributed by atoms with van der Waals surface area (Å²) in [5.41, 5.74) is -1.71. The Kier molecular flexibility index (Phi) is 6.60. The summed E-state index contributed by atoms with van der Waals surface area (Å²) in [5.74, 6) is -5.15. The normalized spacial score (nSPS) is 12.0. The van der Waals surface area contributed by atoms with Crippen molar-refractivity contribution in [1.82, 2.24) is 0 Å². The number of carbonyl (C=O) groups is 2. The Morgan fingerprint density at radius 2 is 1.38 bits per heavy atom. The van der Waals surface area contributed by atoms with E-state index in [9.17, 15) is 35.9 Å². The molecule has 0 aliphatic rings. The minimum Gasteiger partial charge on any atom is -0.493 e. The van der Waals surface area contributed by atoms with Gasteiger partial charge in [0.1, 0.15) is 0 Å². The number of Topliss-reactive ketones (excluding diaryl/α,β-unsaturated/α-hetero) is 2. The van der Waals surface area contributed by atoms with Crippen LogP contribution in [0.25, 0.3) is 6.08 Å². The molecular formula is C16H12F6O4. The second-order valence-electron chi connectivity index (χ2n) is 4.71. The van der Waals surface area contributed by atoms with Gasteiger partial charge in [0.05, 0.1) is 19.8 Å². The van der Waals surface area contributed by atoms with Gasteiger partial charge >= 0.3 is 12.4 Å². The van der Waals surface area contributed by atoms with Gasteiger partial charge in [-0.3, -0.25) is 9.59 Å². The first-order valence-electron chi connectivity index (χ1n) is 6.75. The van der Waals surface area contributed by atoms with E-state index in [-0.39, 0.29) is 11.8 Å². The molecule has 0 aromatic heterocycles. The van der Waals surface area contributed by atoms with Gasteiger partial charge in [0.25, 0.3) is 11.6 Å². The fourth-order valence-electron chi connectivity index (χ4n) is 1.77. The number of alkyl halides is 6. The zero-order valence-electron chi connectivity index (χ0n) is 13.4. The van der Waals surface area contributed by atoms with Crippen LogP contribution in [0, 0.1) is 0 Å². The van der Waals surface area contributed by atoms with Crippen molar-refractivity contribution in [3.63, 3.8) is 0 Å². The first-order valence-corrected chi connectivity index (χ1v) is 6.75. The van der Waals surface area contributed by atoms with Gasteiger partial charge in [-0.05, 0) is 23.8 Å². The van der Waals surface area contributed by atoms with Crippen molar-refractivity contribution < 1.29 is 45.4 Å². The largest absolute Gasteiger partial charge is 0.493 e. The van der Waals surface area contributed by atoms with E-state index in [1.165, 1.54) is 32.4 Å². The van der Waals surface area contributed by atoms with E-state index in [1.54, 1.807) is 0 Å². The lowest BCUT2D eigenvalue weighted by Crippen LogP contribution is -2.34. The predicted octanol–water partition coefficient (Wildman–Crippen LogP) is 3.91. The molecule has 0 amide bonds. The Bertz CT molecular complexity index is 716. The molecule has 0 atom stereocenters. The predicted molar refractivity (Wildman–Crippen MR) is 78.8 cm³/mol. The summed E-state index contributed by atoms with van der Waals surface area (Å²) in [4.78, 5) is 22.2. The molecule has 0 aliphatic carbocycles. The van der Waals surface area contributed by atoms with Crippen LogP contribution in [-0.2, 0) is 9.59 Å². The van der Waals surface area contributed by atoms with Gasteiger partial charge in [-0.25, -0.2) is 0 Å². The molecule has 0 saturated heterocycles. The number of benzene rings is 1. The highest BCUT2D eigenvalue weighted by molar-refractivity contribution is 6.23. The Balaban J connectivity index is 3.24. The number of halogens is 6. The monoisotopic (exact) mass is 382 g/mol. The first kappa shape index (κ1) is 21.3. The quantitative estimate of drug-likeness (QED) is 0.246. The fraction of sp³-hybridized carbons (Fsp3) is 0.250. The van der Waals surface area contributed by atoms with Crippen LogP contribution >= 0.6 is 0 Å². The zero-order valence-corrected chi connectivity index (χ0v) is 13.4. The number of ether oxygens (including phenoxy) is 2. The van der Waals surface area contributed by atoms with Crippen LogP contribution in [0.2, 0.25) is 0 Å². The van der Waals surface area contributed by atoms with E-state index in [1.807, 2.05) is 0 Å². The SMILES string of the molecule is COc1ccc(/C=C/C=C(C(=O)C(F)(F)F)C(=O)C(F)(F)F)cc1OC. The van der Waals surface area contributed by atoms with E-state index in [2.05, 4.69) is 0 Å². The van der Waals surface area contributed by atoms with Crippen LogP contribution in [0.15, 0.2) is 35.9 Å². The standard InChI is InChI=1S/C16H12F6O4/c1-25-11-7-6-9(8-12(11)26-2)4-3-5-10(13(23)15(17,18)19)14(24)16(20,21)22/h3-8H,1-2H3/b4-3+. The van der Waals surface area contributed by atoms with Crippen LogP contribution in [0.3, 0.4) is 0 Å². The number of methoxy groups -OCH3 is 2. The number of hydrogen-bond donors (Lipinski definition) is 0. The van der Waals surface area contributed by atoms with Crippen LogP contribution < -0.4 is 9.47 Å². The molecule has 4 nitrogen and oxygen atoms in total. The Labute approximate surface area is 143 Å². The molecule has 10 heteroatoms. The molecule has 1 aromatic rings. The van der Waals surface area contributed by atoms with Crippen LogP contribution in [-0.4, -0.2) is 38.1 Å². The van der Waals surface area contributed by atoms with Crippen molar-refractivity contribution in [1.29, 1.82) is 0 Å². The molecule has 0 unspecified atom stereocenters. The third-order valence-corrected chi connectivity index (χ3v) is 2.96. The Hall–Kier alpha value is -2.78. The highest BCUT2D eigenvalue weighted by atomic mass is 19.4. The summed E-state index contributed by atoms with van der Waals surface area (Å²) in [7, 11) is 2.70. The van der Waals surface area contributed by atoms with Crippen LogP contribution in [0.1, 0.15) is 5.56 Å². The summed E-state index contributed by atoms with van der Waals surface area (Å²) in [6.07, 6.45) is -9.25. The highest BCUT2D eigenvalue weighted by Gasteiger charge is 2.49. The Morgan fingerprint density at radius 1 is 0.885 bits per heavy atom. The zero-order chi connectivity index (χ0) is 20.1. The third-order valence-electron chi connectivity index (χ3n) is 2.96. The van der Waals surface area contributed by atoms with Gasteiger partial charge in [-0.15, -0.1) is 0 Å². The van der Waals surface area contributed by atoms with E-state index in [4.69, 9.17) is 9.47 Å². The second kappa shape index (κ2) is 8.07. The van der Waals surface area contributed by atoms with E-state index in [0.717, 1.165) is 12.2 Å². The van der Waals surface area contributed by atoms with Gasteiger partial charge < -0.3 is 9.47 Å². The number of carbonyl (C=O) groups excluding carboxylic acids is 2. The highest BCUT2D eigenvalue weighted by Crippen LogP contribution is 2.29. The van der Waals surface area contributed by atoms with Crippen LogP contribution in [0.4, 0.5) is 26.3 Å². The van der Waals surface area contributed by atoms with Crippen molar-refractivity contribution in [2.45, 2.75) is 12.4 Å². The average Bonchev–Trinajstić information content (AvgIpc) is 2.55. The second-order valence-corrected chi connectivity index (χ2v) is 4.71. The lowest BCUT2D eigenvalue weighted by atomic mass is 10.0. The average molecular weight is 382 g/mol. The first-order chi connectivity index (χ1) is 11.9. The van der Waals surface area contributed by atoms with Crippen molar-refractivity contribution >= 4 is 17.6 Å². The summed E-state index contributed by atoms with van der Waals surface area (Å²) < 4.78 is 84.5. The molecule has 0 bridgehead atoms. The molecule has 1 aromatic carbocycles. The molecule has 0 radical (unpaired) electrons. The van der Waals surface area contributed by atoms with Crippen LogP contribution in [0.5, 0.6) is 11.5 Å². The van der Waals surface area contributed by atoms with Crippen molar-refractivity contribution in [2.24, 2.45) is 0 Å². The maximum absolute atomic E-state index is 12.4. The summed E-state index contributed by atoms with van der Waals surface area (Å²) in [6.45, 7) is 0. The summed E-state index contributed by atoms with van der Waals surface area (Å²) in [6, 6.07) is 4.27. The van der Waals surface area contributed by atoms with Gasteiger partial charge in [0.2, 0.25) is 0 Å². The number of ketones is 2. The fourth-order valence-corrected chi connectivity index (χ4v) is 1.77.